The Labute approximate surface area is 469 Å². The van der Waals surface area contributed by atoms with Crippen molar-refractivity contribution in [3.05, 3.63) is 146 Å². The quantitative estimate of drug-likeness (QED) is 0.0373. The summed E-state index contributed by atoms with van der Waals surface area (Å²) >= 11 is 0. The monoisotopic (exact) mass is 1050 g/mol. The first kappa shape index (κ1) is 71.8. The van der Waals surface area contributed by atoms with Crippen LogP contribution < -0.4 is 0 Å². The minimum Gasteiger partial charge on any atom is -0.462 e. The summed E-state index contributed by atoms with van der Waals surface area (Å²) in [4.78, 5) is 24.6. The van der Waals surface area contributed by atoms with Crippen molar-refractivity contribution in [1.29, 1.82) is 0 Å². The zero-order chi connectivity index (χ0) is 54.8. The molecule has 0 heterocycles. The van der Waals surface area contributed by atoms with Gasteiger partial charge in [0.15, 0.2) is 6.10 Å². The highest BCUT2D eigenvalue weighted by Gasteiger charge is 2.16. The van der Waals surface area contributed by atoms with Gasteiger partial charge in [0.2, 0.25) is 0 Å². The number of carbonyl (C=O) groups is 2. The van der Waals surface area contributed by atoms with Gasteiger partial charge in [0.05, 0.1) is 6.61 Å². The van der Waals surface area contributed by atoms with E-state index in [1.54, 1.807) is 0 Å². The molecular weight excluding hydrogens is 933 g/mol. The minimum atomic E-state index is -0.789. The molecule has 0 radical (unpaired) electrons. The van der Waals surface area contributed by atoms with Crippen molar-refractivity contribution in [2.24, 2.45) is 0 Å². The molecule has 0 fully saturated rings. The van der Waals surface area contributed by atoms with Gasteiger partial charge in [0, 0.05) is 12.8 Å². The Morgan fingerprint density at radius 2 is 0.526 bits per heavy atom. The number of allylic oxidation sites excluding steroid dienone is 24. The molecule has 5 nitrogen and oxygen atoms in total. The Balaban J connectivity index is 3.54. The number of esters is 2. The Morgan fingerprint density at radius 3 is 0.789 bits per heavy atom. The molecule has 0 aromatic rings. The minimum absolute atomic E-state index is 0.0771. The van der Waals surface area contributed by atoms with E-state index in [0.717, 1.165) is 122 Å². The van der Waals surface area contributed by atoms with Gasteiger partial charge in [-0.2, -0.15) is 0 Å². The van der Waals surface area contributed by atoms with E-state index in [-0.39, 0.29) is 25.2 Å². The third-order valence-corrected chi connectivity index (χ3v) is 13.1. The lowest BCUT2D eigenvalue weighted by Crippen LogP contribution is -2.28. The zero-order valence-corrected chi connectivity index (χ0v) is 49.2. The number of unbranched alkanes of at least 4 members (excludes halogenated alkanes) is 24. The first-order valence-corrected chi connectivity index (χ1v) is 31.4. The molecule has 0 rings (SSSR count). The van der Waals surface area contributed by atoms with Gasteiger partial charge in [0.25, 0.3) is 0 Å². The van der Waals surface area contributed by atoms with Crippen molar-refractivity contribution in [3.63, 3.8) is 0 Å². The van der Waals surface area contributed by atoms with Crippen molar-refractivity contribution in [1.82, 2.24) is 0 Å². The van der Waals surface area contributed by atoms with Gasteiger partial charge in [-0.15, -0.1) is 0 Å². The summed E-state index contributed by atoms with van der Waals surface area (Å²) in [6.07, 6.45) is 98.3. The van der Waals surface area contributed by atoms with Crippen LogP contribution in [0.3, 0.4) is 0 Å². The molecule has 1 N–H and O–H groups in total. The van der Waals surface area contributed by atoms with Gasteiger partial charge >= 0.3 is 11.9 Å². The standard InChI is InChI=1S/C71H116O5/c1-3-5-7-9-11-13-15-17-19-21-23-25-27-29-31-33-34-35-36-38-39-41-43-45-47-49-51-53-55-57-59-61-63-65-70(73)75-68-69(67-72)76-71(74)66-64-62-60-58-56-54-52-50-48-46-44-42-40-37-32-30-28-26-24-22-20-18-16-14-12-10-8-6-4-2/h5-8,11-14,17-20,23-26,29-32,40,42,46,48,69,72H,3-4,9-10,15-16,21-22,27-28,33-39,41,43-45,47,49-68H2,1-2H3/b7-5-,8-6-,13-11-,14-12-,19-17-,20-18-,25-23-,26-24-,31-29-,32-30-,42-40-,48-46-. The molecule has 5 heteroatoms. The molecule has 430 valence electrons. The van der Waals surface area contributed by atoms with Gasteiger partial charge in [-0.05, 0) is 116 Å². The van der Waals surface area contributed by atoms with Gasteiger partial charge < -0.3 is 14.6 Å². The molecule has 0 aromatic carbocycles. The summed E-state index contributed by atoms with van der Waals surface area (Å²) in [6.45, 7) is 3.91. The molecule has 0 amide bonds. The van der Waals surface area contributed by atoms with Gasteiger partial charge in [0.1, 0.15) is 6.61 Å². The SMILES string of the molecule is CC/C=C\C/C=C\C/C=C\C/C=C\C/C=C\C/C=C\C/C=C\CCCCCCCCCC(=O)OC(CO)COC(=O)CCCCCCCCCCCCCCCCCCC/C=C\C/C=C\C/C=C\C/C=C\C/C=C\CC. The van der Waals surface area contributed by atoms with Crippen molar-refractivity contribution in [2.45, 2.75) is 277 Å². The second-order valence-corrected chi connectivity index (χ2v) is 20.4. The normalized spacial score (nSPS) is 13.2. The number of ether oxygens (including phenoxy) is 2. The lowest BCUT2D eigenvalue weighted by Gasteiger charge is -2.15. The lowest BCUT2D eigenvalue weighted by atomic mass is 10.0. The zero-order valence-electron chi connectivity index (χ0n) is 49.2. The summed E-state index contributed by atoms with van der Waals surface area (Å²) < 4.78 is 10.7. The maximum atomic E-state index is 12.3. The van der Waals surface area contributed by atoms with Crippen LogP contribution in [0.15, 0.2) is 146 Å². The van der Waals surface area contributed by atoms with E-state index in [2.05, 4.69) is 160 Å². The number of hydrogen-bond acceptors (Lipinski definition) is 5. The van der Waals surface area contributed by atoms with Crippen LogP contribution in [-0.2, 0) is 19.1 Å². The Kier molecular flexibility index (Phi) is 61.5. The Bertz CT molecular complexity index is 1610. The number of aliphatic hydroxyl groups excluding tert-OH is 1. The smallest absolute Gasteiger partial charge is 0.306 e. The van der Waals surface area contributed by atoms with Gasteiger partial charge in [-0.25, -0.2) is 0 Å². The van der Waals surface area contributed by atoms with Crippen LogP contribution in [0.5, 0.6) is 0 Å². The Morgan fingerprint density at radius 1 is 0.303 bits per heavy atom. The maximum absolute atomic E-state index is 12.3. The molecule has 76 heavy (non-hydrogen) atoms. The third-order valence-electron chi connectivity index (χ3n) is 13.1. The van der Waals surface area contributed by atoms with E-state index in [4.69, 9.17) is 9.47 Å². The number of hydrogen-bond donors (Lipinski definition) is 1. The number of aliphatic hydroxyl groups is 1. The molecule has 1 unspecified atom stereocenters. The number of rotatable bonds is 56. The van der Waals surface area contributed by atoms with E-state index in [0.29, 0.717) is 12.8 Å². The van der Waals surface area contributed by atoms with Crippen molar-refractivity contribution < 1.29 is 24.2 Å². The fourth-order valence-electron chi connectivity index (χ4n) is 8.50. The Hall–Kier alpha value is -4.22. The fraction of sp³-hybridized carbons (Fsp3) is 0.634. The first-order chi connectivity index (χ1) is 37.6. The first-order valence-electron chi connectivity index (χ1n) is 31.4. The van der Waals surface area contributed by atoms with E-state index < -0.39 is 6.10 Å². The summed E-state index contributed by atoms with van der Waals surface area (Å²) in [6, 6.07) is 0. The molecule has 0 saturated carbocycles. The number of carbonyl (C=O) groups excluding carboxylic acids is 2. The molecule has 0 aromatic heterocycles. The van der Waals surface area contributed by atoms with Crippen molar-refractivity contribution in [3.8, 4) is 0 Å². The second kappa shape index (κ2) is 65.1. The molecule has 0 saturated heterocycles. The fourth-order valence-corrected chi connectivity index (χ4v) is 8.50. The molecule has 0 aliphatic carbocycles. The molecule has 0 aliphatic heterocycles. The average Bonchev–Trinajstić information content (AvgIpc) is 3.42. The molecule has 0 aliphatic rings. The molecule has 0 bridgehead atoms. The predicted molar refractivity (Wildman–Crippen MR) is 334 cm³/mol. The highest BCUT2D eigenvalue weighted by atomic mass is 16.6. The van der Waals surface area contributed by atoms with Crippen LogP contribution in [-0.4, -0.2) is 36.4 Å². The molecule has 0 spiro atoms. The van der Waals surface area contributed by atoms with Crippen LogP contribution in [0, 0.1) is 0 Å². The van der Waals surface area contributed by atoms with Crippen LogP contribution in [0.1, 0.15) is 271 Å². The highest BCUT2D eigenvalue weighted by molar-refractivity contribution is 5.70. The van der Waals surface area contributed by atoms with Crippen LogP contribution in [0.25, 0.3) is 0 Å². The van der Waals surface area contributed by atoms with Crippen LogP contribution in [0.2, 0.25) is 0 Å². The largest absolute Gasteiger partial charge is 0.462 e. The summed E-state index contributed by atoms with van der Waals surface area (Å²) in [5.41, 5.74) is 0. The summed E-state index contributed by atoms with van der Waals surface area (Å²) in [5.74, 6) is -0.605. The van der Waals surface area contributed by atoms with E-state index in [1.165, 1.54) is 122 Å². The highest BCUT2D eigenvalue weighted by Crippen LogP contribution is 2.16. The summed E-state index contributed by atoms with van der Waals surface area (Å²) in [7, 11) is 0. The lowest BCUT2D eigenvalue weighted by molar-refractivity contribution is -0.161. The van der Waals surface area contributed by atoms with Gasteiger partial charge in [-0.3, -0.25) is 9.59 Å². The average molecular weight is 1050 g/mol. The van der Waals surface area contributed by atoms with Crippen LogP contribution in [0.4, 0.5) is 0 Å². The van der Waals surface area contributed by atoms with E-state index >= 15 is 0 Å². The molecule has 1 atom stereocenters. The van der Waals surface area contributed by atoms with E-state index in [1.807, 2.05) is 0 Å². The van der Waals surface area contributed by atoms with Crippen molar-refractivity contribution in [2.75, 3.05) is 13.2 Å². The summed E-state index contributed by atoms with van der Waals surface area (Å²) in [5, 5.41) is 9.68. The third kappa shape index (κ3) is 62.3. The molecular formula is C71H116O5. The van der Waals surface area contributed by atoms with Crippen molar-refractivity contribution >= 4 is 11.9 Å². The van der Waals surface area contributed by atoms with Gasteiger partial charge in [-0.1, -0.05) is 288 Å². The predicted octanol–water partition coefficient (Wildman–Crippen LogP) is 21.8. The van der Waals surface area contributed by atoms with E-state index in [9.17, 15) is 14.7 Å². The second-order valence-electron chi connectivity index (χ2n) is 20.4. The maximum Gasteiger partial charge on any atom is 0.306 e. The van der Waals surface area contributed by atoms with Crippen LogP contribution >= 0.6 is 0 Å². The topological polar surface area (TPSA) is 72.8 Å².